The summed E-state index contributed by atoms with van der Waals surface area (Å²) < 4.78 is 28.4. The number of ketones is 1. The first-order valence-electron chi connectivity index (χ1n) is 10.2. The van der Waals surface area contributed by atoms with E-state index in [1.54, 1.807) is 39.5 Å². The highest BCUT2D eigenvalue weighted by Crippen LogP contribution is 2.45. The van der Waals surface area contributed by atoms with Crippen LogP contribution < -0.4 is 23.7 Å². The van der Waals surface area contributed by atoms with Gasteiger partial charge in [0.15, 0.2) is 17.3 Å². The van der Waals surface area contributed by atoms with Gasteiger partial charge in [-0.15, -0.1) is 0 Å². The van der Waals surface area contributed by atoms with Crippen LogP contribution in [0.2, 0.25) is 0 Å². The predicted octanol–water partition coefficient (Wildman–Crippen LogP) is 4.20. The molecule has 0 aromatic heterocycles. The molecule has 2 aliphatic heterocycles. The van der Waals surface area contributed by atoms with Gasteiger partial charge in [-0.3, -0.25) is 9.69 Å². The lowest BCUT2D eigenvalue weighted by Gasteiger charge is -2.32. The summed E-state index contributed by atoms with van der Waals surface area (Å²) in [5.74, 6) is 2.89. The van der Waals surface area contributed by atoms with Gasteiger partial charge in [-0.1, -0.05) is 0 Å². The number of carbonyl (C=O) groups is 1. The van der Waals surface area contributed by atoms with E-state index in [9.17, 15) is 4.79 Å². The van der Waals surface area contributed by atoms with Gasteiger partial charge < -0.3 is 23.7 Å². The van der Waals surface area contributed by atoms with Gasteiger partial charge >= 0.3 is 0 Å². The Balaban J connectivity index is 1.78. The van der Waals surface area contributed by atoms with Crippen molar-refractivity contribution in [1.29, 1.82) is 0 Å². The van der Waals surface area contributed by atoms with Crippen molar-refractivity contribution in [2.45, 2.75) is 33.4 Å². The summed E-state index contributed by atoms with van der Waals surface area (Å²) in [6.45, 7) is 7.31. The summed E-state index contributed by atoms with van der Waals surface area (Å²) in [5, 5.41) is 0. The van der Waals surface area contributed by atoms with Crippen molar-refractivity contribution in [2.24, 2.45) is 0 Å². The van der Waals surface area contributed by atoms with Crippen LogP contribution in [0.3, 0.4) is 0 Å². The normalized spacial score (nSPS) is 16.6. The first kappa shape index (κ1) is 21.1. The summed E-state index contributed by atoms with van der Waals surface area (Å²) in [4.78, 5) is 15.4. The summed E-state index contributed by atoms with van der Waals surface area (Å²) in [6, 6.07) is 5.81. The summed E-state index contributed by atoms with van der Waals surface area (Å²) in [7, 11) is 4.65. The van der Waals surface area contributed by atoms with Gasteiger partial charge in [-0.25, -0.2) is 0 Å². The van der Waals surface area contributed by atoms with Crippen LogP contribution in [0.15, 0.2) is 24.0 Å². The number of Topliss-reactive ketones (excluding diaryl/α,β-unsaturated/α-hetero) is 1. The third-order valence-electron chi connectivity index (χ3n) is 5.70. The van der Waals surface area contributed by atoms with Gasteiger partial charge in [0.2, 0.25) is 11.5 Å². The molecule has 0 unspecified atom stereocenters. The van der Waals surface area contributed by atoms with Gasteiger partial charge in [0.1, 0.15) is 18.2 Å². The lowest BCUT2D eigenvalue weighted by atomic mass is 9.98. The van der Waals surface area contributed by atoms with Crippen molar-refractivity contribution in [3.63, 3.8) is 0 Å². The minimum absolute atomic E-state index is 0.159. The maximum atomic E-state index is 13.3. The molecule has 7 nitrogen and oxygen atoms in total. The average Bonchev–Trinajstić information content (AvgIpc) is 3.09. The molecule has 2 aliphatic rings. The van der Waals surface area contributed by atoms with Crippen LogP contribution in [0.5, 0.6) is 28.7 Å². The number of methoxy groups -OCH3 is 3. The summed E-state index contributed by atoms with van der Waals surface area (Å²) in [6.07, 6.45) is 1.68. The van der Waals surface area contributed by atoms with Gasteiger partial charge in [0.05, 0.1) is 32.5 Å². The predicted molar refractivity (Wildman–Crippen MR) is 116 cm³/mol. The van der Waals surface area contributed by atoms with E-state index >= 15 is 0 Å². The molecule has 31 heavy (non-hydrogen) atoms. The van der Waals surface area contributed by atoms with E-state index in [0.29, 0.717) is 53.4 Å². The van der Waals surface area contributed by atoms with Gasteiger partial charge in [-0.05, 0) is 50.6 Å². The van der Waals surface area contributed by atoms with Crippen LogP contribution in [-0.2, 0) is 6.54 Å². The number of carbonyl (C=O) groups excluding carboxylic acids is 1. The van der Waals surface area contributed by atoms with Crippen molar-refractivity contribution >= 4 is 11.9 Å². The Morgan fingerprint density at radius 3 is 2.48 bits per heavy atom. The lowest BCUT2D eigenvalue weighted by Crippen LogP contribution is -2.37. The Kier molecular flexibility index (Phi) is 5.54. The van der Waals surface area contributed by atoms with Crippen molar-refractivity contribution < 1.29 is 28.5 Å². The minimum Gasteiger partial charge on any atom is -0.493 e. The van der Waals surface area contributed by atoms with Crippen LogP contribution in [-0.4, -0.2) is 44.8 Å². The highest BCUT2D eigenvalue weighted by molar-refractivity contribution is 6.16. The smallest absolute Gasteiger partial charge is 0.232 e. The Bertz CT molecular complexity index is 1070. The second-order valence-corrected chi connectivity index (χ2v) is 7.85. The zero-order chi connectivity index (χ0) is 22.3. The molecule has 0 saturated carbocycles. The Hall–Kier alpha value is -3.19. The van der Waals surface area contributed by atoms with Crippen molar-refractivity contribution in [3.05, 3.63) is 46.2 Å². The molecule has 0 N–H and O–H groups in total. The average molecular weight is 425 g/mol. The molecular formula is C24H27NO6. The van der Waals surface area contributed by atoms with Crippen LogP contribution >= 0.6 is 0 Å². The van der Waals surface area contributed by atoms with E-state index in [-0.39, 0.29) is 11.5 Å². The Morgan fingerprint density at radius 1 is 1.10 bits per heavy atom. The second-order valence-electron chi connectivity index (χ2n) is 7.85. The first-order chi connectivity index (χ1) is 14.9. The van der Waals surface area contributed by atoms with Gasteiger partial charge in [0.25, 0.3) is 0 Å². The molecule has 0 saturated heterocycles. The number of rotatable bonds is 5. The van der Waals surface area contributed by atoms with E-state index in [2.05, 4.69) is 18.7 Å². The molecule has 0 atom stereocenters. The van der Waals surface area contributed by atoms with E-state index < -0.39 is 0 Å². The minimum atomic E-state index is -0.159. The highest BCUT2D eigenvalue weighted by atomic mass is 16.5. The zero-order valence-electron chi connectivity index (χ0n) is 18.7. The van der Waals surface area contributed by atoms with E-state index in [1.807, 2.05) is 13.0 Å². The topological polar surface area (TPSA) is 66.5 Å². The molecule has 0 radical (unpaired) electrons. The molecule has 2 aromatic rings. The molecule has 0 bridgehead atoms. The molecule has 2 aromatic carbocycles. The fourth-order valence-electron chi connectivity index (χ4n) is 3.96. The number of hydrogen-bond acceptors (Lipinski definition) is 7. The fourth-order valence-corrected chi connectivity index (χ4v) is 3.96. The molecule has 0 aliphatic carbocycles. The first-order valence-corrected chi connectivity index (χ1v) is 10.2. The van der Waals surface area contributed by atoms with Crippen LogP contribution in [0.4, 0.5) is 0 Å². The molecule has 164 valence electrons. The fraction of sp³-hybridized carbons (Fsp3) is 0.375. The molecular weight excluding hydrogens is 398 g/mol. The number of benzene rings is 2. The zero-order valence-corrected chi connectivity index (χ0v) is 18.7. The standard InChI is InChI=1S/C24H27NO6/c1-13(2)25-11-16-18(30-12-25)9-14(3)20-21(26)19(31-23(16)20)10-15-7-8-17(27-4)24(29-6)22(15)28-5/h7-10,13H,11-12H2,1-6H3/b19-10-. The van der Waals surface area contributed by atoms with Gasteiger partial charge in [-0.2, -0.15) is 0 Å². The molecule has 4 rings (SSSR count). The molecule has 7 heteroatoms. The number of nitrogens with zero attached hydrogens (tertiary/aromatic N) is 1. The molecule has 0 fully saturated rings. The Labute approximate surface area is 182 Å². The maximum absolute atomic E-state index is 13.3. The second kappa shape index (κ2) is 8.15. The van der Waals surface area contributed by atoms with Gasteiger partial charge in [0, 0.05) is 18.2 Å². The number of ether oxygens (including phenoxy) is 5. The number of fused-ring (bicyclic) bond motifs is 3. The van der Waals surface area contributed by atoms with Crippen LogP contribution in [0.25, 0.3) is 6.08 Å². The highest BCUT2D eigenvalue weighted by Gasteiger charge is 2.36. The summed E-state index contributed by atoms with van der Waals surface area (Å²) in [5.41, 5.74) is 2.97. The van der Waals surface area contributed by atoms with Crippen molar-refractivity contribution in [3.8, 4) is 28.7 Å². The molecule has 0 amide bonds. The van der Waals surface area contributed by atoms with Crippen molar-refractivity contribution in [1.82, 2.24) is 4.90 Å². The summed E-state index contributed by atoms with van der Waals surface area (Å²) >= 11 is 0. The number of allylic oxidation sites excluding steroid dienone is 1. The van der Waals surface area contributed by atoms with E-state index in [0.717, 1.165) is 16.9 Å². The van der Waals surface area contributed by atoms with Crippen molar-refractivity contribution in [2.75, 3.05) is 28.1 Å². The third-order valence-corrected chi connectivity index (χ3v) is 5.70. The van der Waals surface area contributed by atoms with E-state index in [1.165, 1.54) is 0 Å². The third kappa shape index (κ3) is 3.49. The lowest BCUT2D eigenvalue weighted by molar-refractivity contribution is 0.0673. The number of aryl methyl sites for hydroxylation is 1. The largest absolute Gasteiger partial charge is 0.493 e. The molecule has 2 heterocycles. The molecule has 0 spiro atoms. The van der Waals surface area contributed by atoms with Crippen LogP contribution in [0, 0.1) is 6.92 Å². The quantitative estimate of drug-likeness (QED) is 0.665. The van der Waals surface area contributed by atoms with Crippen LogP contribution in [0.1, 0.15) is 40.9 Å². The Morgan fingerprint density at radius 2 is 1.84 bits per heavy atom. The SMILES string of the molecule is COc1ccc(/C=C2\Oc3c4c(cc(C)c3C2=O)OCN(C(C)C)C4)c(OC)c1OC. The maximum Gasteiger partial charge on any atom is 0.232 e. The monoisotopic (exact) mass is 425 g/mol. The number of hydrogen-bond donors (Lipinski definition) is 0. The van der Waals surface area contributed by atoms with E-state index in [4.69, 9.17) is 23.7 Å².